The van der Waals surface area contributed by atoms with E-state index in [0.717, 1.165) is 11.1 Å². The number of carbonyl (C=O) groups is 1. The van der Waals surface area contributed by atoms with Crippen LogP contribution in [0.2, 0.25) is 5.02 Å². The molecule has 0 spiro atoms. The smallest absolute Gasteiger partial charge is 0.311 e. The van der Waals surface area contributed by atoms with Crippen LogP contribution in [0.1, 0.15) is 17.5 Å². The number of benzene rings is 2. The summed E-state index contributed by atoms with van der Waals surface area (Å²) in [5.41, 5.74) is 2.13. The maximum atomic E-state index is 11.8. The number of hydrogen-bond donors (Lipinski definition) is 0. The lowest BCUT2D eigenvalue weighted by molar-refractivity contribution is -0.134. The Bertz CT molecular complexity index is 564. The van der Waals surface area contributed by atoms with Gasteiger partial charge in [0.2, 0.25) is 0 Å². The van der Waals surface area contributed by atoms with E-state index in [1.165, 1.54) is 0 Å². The van der Waals surface area contributed by atoms with E-state index in [9.17, 15) is 4.79 Å². The van der Waals surface area contributed by atoms with E-state index < -0.39 is 0 Å². The predicted octanol–water partition coefficient (Wildman–Crippen LogP) is 4.19. The van der Waals surface area contributed by atoms with Crippen LogP contribution in [0.4, 0.5) is 0 Å². The zero-order chi connectivity index (χ0) is 13.7. The highest BCUT2D eigenvalue weighted by molar-refractivity contribution is 6.32. The Morgan fingerprint density at radius 1 is 1.16 bits per heavy atom. The van der Waals surface area contributed by atoms with E-state index in [4.69, 9.17) is 16.3 Å². The maximum Gasteiger partial charge on any atom is 0.311 e. The SMILES string of the molecule is Cc1ccc(Cl)c(OC(=O)CCc2ccccc2)c1. The van der Waals surface area contributed by atoms with E-state index in [1.54, 1.807) is 12.1 Å². The zero-order valence-corrected chi connectivity index (χ0v) is 11.5. The quantitative estimate of drug-likeness (QED) is 0.617. The first kappa shape index (κ1) is 13.6. The average Bonchev–Trinajstić information content (AvgIpc) is 2.42. The van der Waals surface area contributed by atoms with Crippen molar-refractivity contribution < 1.29 is 9.53 Å². The monoisotopic (exact) mass is 274 g/mol. The van der Waals surface area contributed by atoms with Crippen LogP contribution in [0.5, 0.6) is 5.75 Å². The summed E-state index contributed by atoms with van der Waals surface area (Å²) in [5.74, 6) is 0.163. The molecule has 0 amide bonds. The number of hydrogen-bond acceptors (Lipinski definition) is 2. The molecule has 0 N–H and O–H groups in total. The van der Waals surface area contributed by atoms with Gasteiger partial charge in [0, 0.05) is 6.42 Å². The summed E-state index contributed by atoms with van der Waals surface area (Å²) in [7, 11) is 0. The van der Waals surface area contributed by atoms with Crippen LogP contribution >= 0.6 is 11.6 Å². The Labute approximate surface area is 118 Å². The summed E-state index contributed by atoms with van der Waals surface area (Å²) in [5, 5.41) is 0.457. The van der Waals surface area contributed by atoms with E-state index in [0.29, 0.717) is 23.6 Å². The molecule has 0 saturated heterocycles. The third-order valence-electron chi connectivity index (χ3n) is 2.77. The molecule has 0 heterocycles. The maximum absolute atomic E-state index is 11.8. The fourth-order valence-electron chi connectivity index (χ4n) is 1.75. The largest absolute Gasteiger partial charge is 0.425 e. The molecule has 0 aliphatic carbocycles. The van der Waals surface area contributed by atoms with Gasteiger partial charge in [-0.1, -0.05) is 48.0 Å². The molecule has 2 nitrogen and oxygen atoms in total. The molecular formula is C16H15ClO2. The highest BCUT2D eigenvalue weighted by Crippen LogP contribution is 2.25. The third kappa shape index (κ3) is 4.11. The van der Waals surface area contributed by atoms with E-state index in [-0.39, 0.29) is 5.97 Å². The number of carbonyl (C=O) groups excluding carboxylic acids is 1. The summed E-state index contributed by atoms with van der Waals surface area (Å²) < 4.78 is 5.28. The summed E-state index contributed by atoms with van der Waals surface area (Å²) in [4.78, 5) is 11.8. The molecule has 0 bridgehead atoms. The molecule has 2 rings (SSSR count). The molecule has 0 aliphatic rings. The Morgan fingerprint density at radius 3 is 2.63 bits per heavy atom. The van der Waals surface area contributed by atoms with E-state index in [2.05, 4.69) is 0 Å². The van der Waals surface area contributed by atoms with Gasteiger partial charge in [-0.25, -0.2) is 0 Å². The van der Waals surface area contributed by atoms with Crippen LogP contribution in [-0.2, 0) is 11.2 Å². The average molecular weight is 275 g/mol. The van der Waals surface area contributed by atoms with Gasteiger partial charge in [0.1, 0.15) is 5.75 Å². The van der Waals surface area contributed by atoms with Crippen LogP contribution in [-0.4, -0.2) is 5.97 Å². The van der Waals surface area contributed by atoms with Gasteiger partial charge in [-0.05, 0) is 36.6 Å². The van der Waals surface area contributed by atoms with Crippen molar-refractivity contribution in [1.82, 2.24) is 0 Å². The minimum Gasteiger partial charge on any atom is -0.425 e. The van der Waals surface area contributed by atoms with Crippen molar-refractivity contribution in [3.05, 3.63) is 64.7 Å². The summed E-state index contributed by atoms with van der Waals surface area (Å²) in [6, 6.07) is 15.2. The molecule has 3 heteroatoms. The fourth-order valence-corrected chi connectivity index (χ4v) is 1.91. The minimum absolute atomic E-state index is 0.267. The number of aryl methyl sites for hydroxylation is 2. The van der Waals surface area contributed by atoms with Crippen molar-refractivity contribution >= 4 is 17.6 Å². The first-order chi connectivity index (χ1) is 9.15. The summed E-state index contributed by atoms with van der Waals surface area (Å²) in [6.45, 7) is 1.93. The van der Waals surface area contributed by atoms with Gasteiger partial charge >= 0.3 is 5.97 Å². The second kappa shape index (κ2) is 6.39. The summed E-state index contributed by atoms with van der Waals surface area (Å²) >= 11 is 5.98. The molecular weight excluding hydrogens is 260 g/mol. The highest BCUT2D eigenvalue weighted by Gasteiger charge is 2.08. The van der Waals surface area contributed by atoms with Gasteiger partial charge in [0.25, 0.3) is 0 Å². The molecule has 2 aromatic carbocycles. The van der Waals surface area contributed by atoms with Crippen LogP contribution in [0.3, 0.4) is 0 Å². The summed E-state index contributed by atoms with van der Waals surface area (Å²) in [6.07, 6.45) is 1.01. The van der Waals surface area contributed by atoms with Crippen molar-refractivity contribution in [3.63, 3.8) is 0 Å². The Morgan fingerprint density at radius 2 is 1.89 bits per heavy atom. The minimum atomic E-state index is -0.267. The Balaban J connectivity index is 1.93. The molecule has 19 heavy (non-hydrogen) atoms. The molecule has 2 aromatic rings. The van der Waals surface area contributed by atoms with Gasteiger partial charge in [-0.3, -0.25) is 4.79 Å². The van der Waals surface area contributed by atoms with Gasteiger partial charge in [-0.2, -0.15) is 0 Å². The van der Waals surface area contributed by atoms with Crippen molar-refractivity contribution in [3.8, 4) is 5.75 Å². The van der Waals surface area contributed by atoms with E-state index >= 15 is 0 Å². The molecule has 0 unspecified atom stereocenters. The predicted molar refractivity (Wildman–Crippen MR) is 76.6 cm³/mol. The lowest BCUT2D eigenvalue weighted by Gasteiger charge is -2.07. The van der Waals surface area contributed by atoms with Crippen LogP contribution in [0, 0.1) is 6.92 Å². The molecule has 0 radical (unpaired) electrons. The fraction of sp³-hybridized carbons (Fsp3) is 0.188. The number of esters is 1. The topological polar surface area (TPSA) is 26.3 Å². The van der Waals surface area contributed by atoms with Gasteiger partial charge in [0.05, 0.1) is 5.02 Å². The van der Waals surface area contributed by atoms with Gasteiger partial charge < -0.3 is 4.74 Å². The lowest BCUT2D eigenvalue weighted by atomic mass is 10.1. The van der Waals surface area contributed by atoms with Crippen LogP contribution < -0.4 is 4.74 Å². The lowest BCUT2D eigenvalue weighted by Crippen LogP contribution is -2.09. The second-order valence-electron chi connectivity index (χ2n) is 4.39. The van der Waals surface area contributed by atoms with E-state index in [1.807, 2.05) is 43.3 Å². The molecule has 0 saturated carbocycles. The highest BCUT2D eigenvalue weighted by atomic mass is 35.5. The molecule has 0 fully saturated rings. The molecule has 0 aromatic heterocycles. The third-order valence-corrected chi connectivity index (χ3v) is 3.08. The van der Waals surface area contributed by atoms with Crippen molar-refractivity contribution in [2.75, 3.05) is 0 Å². The molecule has 0 aliphatic heterocycles. The molecule has 0 atom stereocenters. The number of ether oxygens (including phenoxy) is 1. The van der Waals surface area contributed by atoms with Crippen LogP contribution in [0.15, 0.2) is 48.5 Å². The standard InChI is InChI=1S/C16H15ClO2/c1-12-7-9-14(17)15(11-12)19-16(18)10-8-13-5-3-2-4-6-13/h2-7,9,11H,8,10H2,1H3. The number of rotatable bonds is 4. The van der Waals surface area contributed by atoms with Gasteiger partial charge in [-0.15, -0.1) is 0 Å². The zero-order valence-electron chi connectivity index (χ0n) is 10.7. The van der Waals surface area contributed by atoms with Crippen molar-refractivity contribution in [2.45, 2.75) is 19.8 Å². The molecule has 98 valence electrons. The Kier molecular flexibility index (Phi) is 4.58. The first-order valence-electron chi connectivity index (χ1n) is 6.16. The second-order valence-corrected chi connectivity index (χ2v) is 4.80. The Hall–Kier alpha value is -1.80. The first-order valence-corrected chi connectivity index (χ1v) is 6.54. The normalized spacial score (nSPS) is 10.2. The van der Waals surface area contributed by atoms with Crippen LogP contribution in [0.25, 0.3) is 0 Å². The van der Waals surface area contributed by atoms with Crippen molar-refractivity contribution in [2.24, 2.45) is 0 Å². The van der Waals surface area contributed by atoms with Gasteiger partial charge in [0.15, 0.2) is 0 Å². The van der Waals surface area contributed by atoms with Crippen molar-refractivity contribution in [1.29, 1.82) is 0 Å². The number of halogens is 1.